The fraction of sp³-hybridized carbons (Fsp3) is 0.368. The summed E-state index contributed by atoms with van der Waals surface area (Å²) in [7, 11) is 1.74. The zero-order chi connectivity index (χ0) is 19.0. The lowest BCUT2D eigenvalue weighted by Gasteiger charge is -2.19. The van der Waals surface area contributed by atoms with Gasteiger partial charge in [0.2, 0.25) is 5.91 Å². The maximum Gasteiger partial charge on any atom is 0.264 e. The lowest BCUT2D eigenvalue weighted by molar-refractivity contribution is -0.122. The quantitative estimate of drug-likeness (QED) is 0.706. The molecule has 2 heterocycles. The molecule has 1 fully saturated rings. The number of fused-ring (bicyclic) bond motifs is 1. The highest BCUT2D eigenvalue weighted by Gasteiger charge is 2.33. The molecule has 140 valence electrons. The average Bonchev–Trinajstić information content (AvgIpc) is 3.43. The van der Waals surface area contributed by atoms with Gasteiger partial charge in [-0.15, -0.1) is 0 Å². The van der Waals surface area contributed by atoms with Gasteiger partial charge in [0.25, 0.3) is 5.56 Å². The van der Waals surface area contributed by atoms with E-state index in [0.29, 0.717) is 22.0 Å². The summed E-state index contributed by atoms with van der Waals surface area (Å²) in [5, 5.41) is 8.30. The molecule has 8 heteroatoms. The van der Waals surface area contributed by atoms with Crippen molar-refractivity contribution in [1.29, 1.82) is 0 Å². The average molecular weight is 386 g/mol. The molecule has 0 saturated heterocycles. The summed E-state index contributed by atoms with van der Waals surface area (Å²) >= 11 is 5.96. The van der Waals surface area contributed by atoms with Gasteiger partial charge in [-0.05, 0) is 36.5 Å². The third-order valence-electron chi connectivity index (χ3n) is 4.94. The number of carbonyl (C=O) groups excluding carboxylic acids is 1. The summed E-state index contributed by atoms with van der Waals surface area (Å²) in [5.74, 6) is 0.381. The van der Waals surface area contributed by atoms with Crippen LogP contribution in [0.4, 0.5) is 0 Å². The van der Waals surface area contributed by atoms with Crippen LogP contribution < -0.4 is 10.9 Å². The molecular formula is C19H20ClN5O2. The minimum Gasteiger partial charge on any atom is -0.349 e. The van der Waals surface area contributed by atoms with E-state index in [-0.39, 0.29) is 30.5 Å². The second-order valence-electron chi connectivity index (χ2n) is 6.93. The summed E-state index contributed by atoms with van der Waals surface area (Å²) in [5.41, 5.74) is 1.42. The molecular weight excluding hydrogens is 366 g/mol. The minimum atomic E-state index is -0.183. The van der Waals surface area contributed by atoms with Crippen LogP contribution in [-0.2, 0) is 18.4 Å². The molecule has 1 aromatic carbocycles. The van der Waals surface area contributed by atoms with Gasteiger partial charge in [0.05, 0.1) is 18.6 Å². The van der Waals surface area contributed by atoms with Gasteiger partial charge in [0.15, 0.2) is 5.65 Å². The standard InChI is InChI=1S/C19H20ClN5O2/c1-24-18-15(10-22-24)19(27)25(11-21-18)9-8-16(26)23-17(12-2-3-12)13-4-6-14(20)7-5-13/h4-7,10-12,17H,2-3,8-9H2,1H3,(H,23,26)/t17-/m1/s1. The first kappa shape index (κ1) is 17.7. The normalized spacial score (nSPS) is 15.0. The van der Waals surface area contributed by atoms with Crippen molar-refractivity contribution in [3.05, 3.63) is 57.7 Å². The van der Waals surface area contributed by atoms with Crippen molar-refractivity contribution >= 4 is 28.5 Å². The molecule has 0 unspecified atom stereocenters. The Morgan fingerprint density at radius 1 is 1.33 bits per heavy atom. The van der Waals surface area contributed by atoms with Crippen LogP contribution in [0.3, 0.4) is 0 Å². The lowest BCUT2D eigenvalue weighted by atomic mass is 10.0. The zero-order valence-corrected chi connectivity index (χ0v) is 15.7. The van der Waals surface area contributed by atoms with Crippen LogP contribution in [-0.4, -0.2) is 25.2 Å². The number of hydrogen-bond donors (Lipinski definition) is 1. The summed E-state index contributed by atoms with van der Waals surface area (Å²) in [6.07, 6.45) is 5.40. The summed E-state index contributed by atoms with van der Waals surface area (Å²) in [4.78, 5) is 29.2. The first-order valence-corrected chi connectivity index (χ1v) is 9.32. The van der Waals surface area contributed by atoms with Gasteiger partial charge in [-0.25, -0.2) is 4.98 Å². The first-order chi connectivity index (χ1) is 13.0. The number of nitrogens with one attached hydrogen (secondary N) is 1. The second kappa shape index (κ2) is 7.15. The van der Waals surface area contributed by atoms with Crippen LogP contribution in [0, 0.1) is 5.92 Å². The van der Waals surface area contributed by atoms with Gasteiger partial charge >= 0.3 is 0 Å². The Balaban J connectivity index is 1.44. The Morgan fingerprint density at radius 3 is 2.78 bits per heavy atom. The highest BCUT2D eigenvalue weighted by molar-refractivity contribution is 6.30. The highest BCUT2D eigenvalue weighted by Crippen LogP contribution is 2.41. The summed E-state index contributed by atoms with van der Waals surface area (Å²) in [6.45, 7) is 0.278. The largest absolute Gasteiger partial charge is 0.349 e. The number of rotatable bonds is 6. The molecule has 2 aromatic heterocycles. The molecule has 0 aliphatic heterocycles. The van der Waals surface area contributed by atoms with Crippen LogP contribution in [0.5, 0.6) is 0 Å². The van der Waals surface area contributed by atoms with Crippen LogP contribution >= 0.6 is 11.6 Å². The zero-order valence-electron chi connectivity index (χ0n) is 14.9. The van der Waals surface area contributed by atoms with E-state index < -0.39 is 0 Å². The fourth-order valence-electron chi connectivity index (χ4n) is 3.27. The van der Waals surface area contributed by atoms with Crippen molar-refractivity contribution in [3.63, 3.8) is 0 Å². The highest BCUT2D eigenvalue weighted by atomic mass is 35.5. The predicted molar refractivity (Wildman–Crippen MR) is 102 cm³/mol. The topological polar surface area (TPSA) is 81.8 Å². The molecule has 1 saturated carbocycles. The van der Waals surface area contributed by atoms with Crippen LogP contribution in [0.25, 0.3) is 11.0 Å². The van der Waals surface area contributed by atoms with E-state index >= 15 is 0 Å². The van der Waals surface area contributed by atoms with Crippen molar-refractivity contribution in [2.75, 3.05) is 0 Å². The third kappa shape index (κ3) is 3.73. The van der Waals surface area contributed by atoms with E-state index in [1.165, 1.54) is 17.1 Å². The Bertz CT molecular complexity index is 1040. The molecule has 1 aliphatic carbocycles. The Kier molecular flexibility index (Phi) is 4.70. The number of amides is 1. The van der Waals surface area contributed by atoms with E-state index in [1.54, 1.807) is 11.7 Å². The van der Waals surface area contributed by atoms with Gasteiger partial charge < -0.3 is 5.32 Å². The summed E-state index contributed by atoms with van der Waals surface area (Å²) in [6, 6.07) is 7.58. The van der Waals surface area contributed by atoms with Crippen LogP contribution in [0.1, 0.15) is 30.9 Å². The fourth-order valence-corrected chi connectivity index (χ4v) is 3.39. The maximum atomic E-state index is 12.5. The molecule has 1 aliphatic rings. The van der Waals surface area contributed by atoms with E-state index in [0.717, 1.165) is 18.4 Å². The molecule has 7 nitrogen and oxygen atoms in total. The van der Waals surface area contributed by atoms with Crippen molar-refractivity contribution < 1.29 is 4.79 Å². The Hall–Kier alpha value is -2.67. The van der Waals surface area contributed by atoms with Gasteiger partial charge in [0.1, 0.15) is 5.39 Å². The minimum absolute atomic E-state index is 0.00887. The maximum absolute atomic E-state index is 12.5. The first-order valence-electron chi connectivity index (χ1n) is 8.95. The molecule has 0 radical (unpaired) electrons. The van der Waals surface area contributed by atoms with Crippen LogP contribution in [0.15, 0.2) is 41.6 Å². The number of aromatic nitrogens is 4. The van der Waals surface area contributed by atoms with E-state index in [1.807, 2.05) is 24.3 Å². The van der Waals surface area contributed by atoms with E-state index in [9.17, 15) is 9.59 Å². The monoisotopic (exact) mass is 385 g/mol. The van der Waals surface area contributed by atoms with Gasteiger partial charge in [0, 0.05) is 25.0 Å². The second-order valence-corrected chi connectivity index (χ2v) is 7.37. The Labute approximate surface area is 161 Å². The SMILES string of the molecule is Cn1ncc2c(=O)n(CCC(=O)N[C@@H](c3ccc(Cl)cc3)C3CC3)cnc21. The molecule has 4 rings (SSSR count). The molecule has 27 heavy (non-hydrogen) atoms. The van der Waals surface area contributed by atoms with Gasteiger partial charge in [-0.2, -0.15) is 5.10 Å². The van der Waals surface area contributed by atoms with Crippen molar-refractivity contribution in [2.45, 2.75) is 31.8 Å². The van der Waals surface area contributed by atoms with E-state index in [4.69, 9.17) is 11.6 Å². The van der Waals surface area contributed by atoms with Crippen LogP contribution in [0.2, 0.25) is 5.02 Å². The van der Waals surface area contributed by atoms with Crippen molar-refractivity contribution in [1.82, 2.24) is 24.6 Å². The number of halogens is 1. The number of aryl methyl sites for hydroxylation is 2. The number of nitrogens with zero attached hydrogens (tertiary/aromatic N) is 4. The molecule has 3 aromatic rings. The Morgan fingerprint density at radius 2 is 2.07 bits per heavy atom. The number of benzene rings is 1. The third-order valence-corrected chi connectivity index (χ3v) is 5.19. The molecule has 1 atom stereocenters. The number of hydrogen-bond acceptors (Lipinski definition) is 4. The van der Waals surface area contributed by atoms with E-state index in [2.05, 4.69) is 15.4 Å². The summed E-state index contributed by atoms with van der Waals surface area (Å²) < 4.78 is 3.01. The molecule has 0 spiro atoms. The van der Waals surface area contributed by atoms with Crippen molar-refractivity contribution in [2.24, 2.45) is 13.0 Å². The molecule has 0 bridgehead atoms. The predicted octanol–water partition coefficient (Wildman–Crippen LogP) is 2.44. The van der Waals surface area contributed by atoms with Crippen molar-refractivity contribution in [3.8, 4) is 0 Å². The number of carbonyl (C=O) groups is 1. The molecule has 1 amide bonds. The van der Waals surface area contributed by atoms with Gasteiger partial charge in [-0.1, -0.05) is 23.7 Å². The molecule has 1 N–H and O–H groups in total. The lowest BCUT2D eigenvalue weighted by Crippen LogP contribution is -2.31. The van der Waals surface area contributed by atoms with Gasteiger partial charge in [-0.3, -0.25) is 18.8 Å². The smallest absolute Gasteiger partial charge is 0.264 e.